The van der Waals surface area contributed by atoms with Crippen molar-refractivity contribution in [3.05, 3.63) is 34.9 Å². The number of carbonyl (C=O) groups excluding carboxylic acids is 2. The molecule has 24 heavy (non-hydrogen) atoms. The van der Waals surface area contributed by atoms with E-state index in [1.807, 2.05) is 12.1 Å². The Labute approximate surface area is 146 Å². The molecular weight excluding hydrogens is 330 g/mol. The predicted molar refractivity (Wildman–Crippen MR) is 89.3 cm³/mol. The van der Waals surface area contributed by atoms with E-state index in [9.17, 15) is 14.7 Å². The number of carbonyl (C=O) groups is 2. The molecule has 0 spiro atoms. The van der Waals surface area contributed by atoms with Gasteiger partial charge in [0.2, 0.25) is 11.8 Å². The molecular formula is C18H22ClNO4. The number of nitrogens with zero attached hydrogens (tertiary/aromatic N) is 1. The summed E-state index contributed by atoms with van der Waals surface area (Å²) in [6.07, 6.45) is 2.70. The van der Waals surface area contributed by atoms with Crippen molar-refractivity contribution in [2.75, 3.05) is 13.2 Å². The van der Waals surface area contributed by atoms with Gasteiger partial charge in [0.15, 0.2) is 0 Å². The number of imide groups is 1. The molecule has 1 N–H and O–H groups in total. The summed E-state index contributed by atoms with van der Waals surface area (Å²) >= 11 is 5.82. The molecule has 1 saturated heterocycles. The number of aliphatic hydroxyl groups is 1. The number of aliphatic hydroxyl groups excluding tert-OH is 1. The Balaban J connectivity index is 1.47. The zero-order chi connectivity index (χ0) is 17.1. The quantitative estimate of drug-likeness (QED) is 0.799. The van der Waals surface area contributed by atoms with E-state index in [1.165, 1.54) is 4.90 Å². The second-order valence-corrected chi connectivity index (χ2v) is 7.02. The van der Waals surface area contributed by atoms with Crippen LogP contribution in [0.25, 0.3) is 0 Å². The van der Waals surface area contributed by atoms with Crippen LogP contribution in [0.3, 0.4) is 0 Å². The smallest absolute Gasteiger partial charge is 0.233 e. The summed E-state index contributed by atoms with van der Waals surface area (Å²) in [5.41, 5.74) is 0.950. The molecule has 3 rings (SSSR count). The van der Waals surface area contributed by atoms with E-state index in [2.05, 4.69) is 0 Å². The summed E-state index contributed by atoms with van der Waals surface area (Å²) in [6.45, 7) is 0.446. The highest BCUT2D eigenvalue weighted by Gasteiger charge is 2.48. The molecule has 6 heteroatoms. The monoisotopic (exact) mass is 351 g/mol. The minimum atomic E-state index is -0.870. The zero-order valence-corrected chi connectivity index (χ0v) is 14.2. The number of hydrogen-bond acceptors (Lipinski definition) is 4. The number of rotatable bonds is 6. The molecule has 2 aliphatic rings. The van der Waals surface area contributed by atoms with Crippen molar-refractivity contribution in [3.8, 4) is 0 Å². The minimum absolute atomic E-state index is 0.0191. The van der Waals surface area contributed by atoms with Gasteiger partial charge in [-0.2, -0.15) is 0 Å². The number of ether oxygens (including phenoxy) is 1. The Bertz CT molecular complexity index is 580. The maximum atomic E-state index is 12.4. The molecule has 0 aromatic heterocycles. The van der Waals surface area contributed by atoms with Gasteiger partial charge in [-0.3, -0.25) is 14.5 Å². The van der Waals surface area contributed by atoms with E-state index in [4.69, 9.17) is 16.3 Å². The van der Waals surface area contributed by atoms with Crippen LogP contribution >= 0.6 is 11.6 Å². The van der Waals surface area contributed by atoms with E-state index < -0.39 is 6.10 Å². The van der Waals surface area contributed by atoms with Crippen molar-refractivity contribution in [2.24, 2.45) is 11.8 Å². The number of β-amino-alcohol motifs (C(OH)–C–C–N with tert-alkyl or cyclic N) is 1. The van der Waals surface area contributed by atoms with E-state index in [0.29, 0.717) is 11.6 Å². The number of amides is 2. The van der Waals surface area contributed by atoms with E-state index >= 15 is 0 Å². The average Bonchev–Trinajstić information content (AvgIpc) is 2.82. The van der Waals surface area contributed by atoms with Crippen molar-refractivity contribution >= 4 is 23.4 Å². The Kier molecular flexibility index (Phi) is 5.54. The summed E-state index contributed by atoms with van der Waals surface area (Å²) in [5, 5.41) is 10.8. The normalized spacial score (nSPS) is 25.0. The fourth-order valence-electron chi connectivity index (χ4n) is 3.57. The maximum absolute atomic E-state index is 12.4. The Morgan fingerprint density at radius 3 is 2.29 bits per heavy atom. The first kappa shape index (κ1) is 17.4. The first-order chi connectivity index (χ1) is 11.6. The summed E-state index contributed by atoms with van der Waals surface area (Å²) in [5.74, 6) is -0.593. The molecule has 1 aromatic rings. The molecule has 0 unspecified atom stereocenters. The summed E-state index contributed by atoms with van der Waals surface area (Å²) < 4.78 is 5.48. The molecule has 0 radical (unpaired) electrons. The first-order valence-electron chi connectivity index (χ1n) is 8.41. The maximum Gasteiger partial charge on any atom is 0.233 e. The highest BCUT2D eigenvalue weighted by atomic mass is 35.5. The topological polar surface area (TPSA) is 66.8 Å². The Morgan fingerprint density at radius 2 is 1.71 bits per heavy atom. The van der Waals surface area contributed by atoms with Gasteiger partial charge in [-0.25, -0.2) is 0 Å². The number of halogens is 1. The number of hydrogen-bond donors (Lipinski definition) is 1. The van der Waals surface area contributed by atoms with Gasteiger partial charge in [-0.1, -0.05) is 36.6 Å². The molecule has 1 saturated carbocycles. The van der Waals surface area contributed by atoms with Crippen molar-refractivity contribution in [3.63, 3.8) is 0 Å². The molecule has 1 aromatic carbocycles. The van der Waals surface area contributed by atoms with Crippen LogP contribution in [0.15, 0.2) is 24.3 Å². The van der Waals surface area contributed by atoms with E-state index in [1.54, 1.807) is 12.1 Å². The van der Waals surface area contributed by atoms with Crippen molar-refractivity contribution < 1.29 is 19.4 Å². The van der Waals surface area contributed by atoms with Gasteiger partial charge >= 0.3 is 0 Å². The van der Waals surface area contributed by atoms with Crippen molar-refractivity contribution in [1.29, 1.82) is 0 Å². The zero-order valence-electron chi connectivity index (χ0n) is 13.5. The third-order valence-electron chi connectivity index (χ3n) is 4.82. The van der Waals surface area contributed by atoms with Crippen LogP contribution in [-0.4, -0.2) is 41.1 Å². The first-order valence-corrected chi connectivity index (χ1v) is 8.79. The SMILES string of the molecule is O=C1[C@@H]2CCCC[C@H]2C(=O)N1C[C@@H](O)COCc1ccc(Cl)cc1. The molecule has 1 aliphatic carbocycles. The predicted octanol–water partition coefficient (Wildman–Crippen LogP) is 2.39. The number of likely N-dealkylation sites (tertiary alicyclic amines) is 1. The van der Waals surface area contributed by atoms with Crippen LogP contribution in [0.2, 0.25) is 5.02 Å². The molecule has 5 nitrogen and oxygen atoms in total. The Morgan fingerprint density at radius 1 is 1.12 bits per heavy atom. The summed E-state index contributed by atoms with van der Waals surface area (Å²) in [4.78, 5) is 25.9. The van der Waals surface area contributed by atoms with Gasteiger partial charge in [-0.05, 0) is 30.5 Å². The lowest BCUT2D eigenvalue weighted by molar-refractivity contribution is -0.142. The van der Waals surface area contributed by atoms with Gasteiger partial charge in [0.05, 0.1) is 37.7 Å². The standard InChI is InChI=1S/C18H22ClNO4/c19-13-7-5-12(6-8-13)10-24-11-14(21)9-20-17(22)15-3-1-2-4-16(15)18(20)23/h5-8,14-16,21H,1-4,9-11H2/t14-,15-,16-/m1/s1. The second-order valence-electron chi connectivity index (χ2n) is 6.58. The van der Waals surface area contributed by atoms with Gasteiger partial charge in [0.1, 0.15) is 0 Å². The van der Waals surface area contributed by atoms with Crippen molar-refractivity contribution in [2.45, 2.75) is 38.4 Å². The number of benzene rings is 1. The Hall–Kier alpha value is -1.43. The van der Waals surface area contributed by atoms with Crippen LogP contribution in [0.4, 0.5) is 0 Å². The lowest BCUT2D eigenvalue weighted by atomic mass is 9.81. The molecule has 0 bridgehead atoms. The fourth-order valence-corrected chi connectivity index (χ4v) is 3.69. The molecule has 2 fully saturated rings. The lowest BCUT2D eigenvalue weighted by Gasteiger charge is -2.19. The van der Waals surface area contributed by atoms with Gasteiger partial charge < -0.3 is 9.84 Å². The van der Waals surface area contributed by atoms with Gasteiger partial charge in [0.25, 0.3) is 0 Å². The van der Waals surface area contributed by atoms with Gasteiger partial charge in [-0.15, -0.1) is 0 Å². The summed E-state index contributed by atoms with van der Waals surface area (Å²) in [7, 11) is 0. The van der Waals surface area contributed by atoms with Crippen molar-refractivity contribution in [1.82, 2.24) is 4.90 Å². The number of fused-ring (bicyclic) bond motifs is 1. The highest BCUT2D eigenvalue weighted by Crippen LogP contribution is 2.37. The van der Waals surface area contributed by atoms with Crippen LogP contribution in [0.5, 0.6) is 0 Å². The largest absolute Gasteiger partial charge is 0.389 e. The van der Waals surface area contributed by atoms with Crippen LogP contribution in [-0.2, 0) is 20.9 Å². The third kappa shape index (κ3) is 3.79. The summed E-state index contributed by atoms with van der Waals surface area (Å²) in [6, 6.07) is 7.26. The fraction of sp³-hybridized carbons (Fsp3) is 0.556. The van der Waals surface area contributed by atoms with Crippen LogP contribution < -0.4 is 0 Å². The second kappa shape index (κ2) is 7.64. The molecule has 2 amide bonds. The van der Waals surface area contributed by atoms with E-state index in [-0.39, 0.29) is 36.8 Å². The molecule has 3 atom stereocenters. The lowest BCUT2D eigenvalue weighted by Crippen LogP contribution is -2.39. The van der Waals surface area contributed by atoms with Crippen LogP contribution in [0, 0.1) is 11.8 Å². The minimum Gasteiger partial charge on any atom is -0.389 e. The molecule has 130 valence electrons. The third-order valence-corrected chi connectivity index (χ3v) is 5.07. The highest BCUT2D eigenvalue weighted by molar-refractivity contribution is 6.30. The van der Waals surface area contributed by atoms with Gasteiger partial charge in [0, 0.05) is 5.02 Å². The van der Waals surface area contributed by atoms with Crippen LogP contribution in [0.1, 0.15) is 31.2 Å². The molecule has 1 heterocycles. The molecule has 1 aliphatic heterocycles. The average molecular weight is 352 g/mol. The van der Waals surface area contributed by atoms with E-state index in [0.717, 1.165) is 31.2 Å².